The molecule has 0 amide bonds. The maximum absolute atomic E-state index is 5.45. The molecule has 130 valence electrons. The van der Waals surface area contributed by atoms with E-state index in [0.717, 1.165) is 39.7 Å². The van der Waals surface area contributed by atoms with Crippen LogP contribution in [0.15, 0.2) is 84.9 Å². The van der Waals surface area contributed by atoms with Gasteiger partial charge in [0.15, 0.2) is 0 Å². The fourth-order valence-corrected chi connectivity index (χ4v) is 2.96. The summed E-state index contributed by atoms with van der Waals surface area (Å²) in [6.45, 7) is 0.260. The van der Waals surface area contributed by atoms with Crippen molar-refractivity contribution < 1.29 is 4.74 Å². The highest BCUT2D eigenvalue weighted by Crippen LogP contribution is 2.33. The number of hydrogen-bond acceptors (Lipinski definition) is 2. The normalized spacial score (nSPS) is 10.3. The molecule has 0 spiro atoms. The van der Waals surface area contributed by atoms with Gasteiger partial charge in [-0.1, -0.05) is 66.6 Å². The molecular weight excluding hydrogens is 332 g/mol. The molecule has 1 aromatic heterocycles. The predicted octanol–water partition coefficient (Wildman–Crippen LogP) is 5.42. The van der Waals surface area contributed by atoms with E-state index in [1.54, 1.807) is 0 Å². The number of ether oxygens (including phenoxy) is 1. The summed E-state index contributed by atoms with van der Waals surface area (Å²) in [5.41, 5.74) is 5.10. The Balaban J connectivity index is 1.77. The van der Waals surface area contributed by atoms with Crippen molar-refractivity contribution in [2.75, 3.05) is 6.61 Å². The summed E-state index contributed by atoms with van der Waals surface area (Å²) in [6, 6.07) is 28.2. The Morgan fingerprint density at radius 2 is 1.41 bits per heavy atom. The number of benzene rings is 3. The average Bonchev–Trinajstić information content (AvgIpc) is 3.19. The fourth-order valence-electron chi connectivity index (χ4n) is 2.96. The van der Waals surface area contributed by atoms with E-state index >= 15 is 0 Å². The lowest BCUT2D eigenvalue weighted by molar-refractivity contribution is 0.370. The van der Waals surface area contributed by atoms with Crippen LogP contribution < -0.4 is 4.74 Å². The molecule has 3 nitrogen and oxygen atoms in total. The Morgan fingerprint density at radius 1 is 0.778 bits per heavy atom. The Kier molecular flexibility index (Phi) is 4.72. The molecule has 0 bridgehead atoms. The van der Waals surface area contributed by atoms with E-state index < -0.39 is 0 Å². The van der Waals surface area contributed by atoms with E-state index in [9.17, 15) is 0 Å². The number of hydrogen-bond donors (Lipinski definition) is 1. The third-order valence-electron chi connectivity index (χ3n) is 4.26. The first-order valence-electron chi connectivity index (χ1n) is 8.72. The van der Waals surface area contributed by atoms with E-state index in [0.29, 0.717) is 0 Å². The minimum Gasteiger partial charge on any atom is -0.481 e. The number of nitrogens with zero attached hydrogens (tertiary/aromatic N) is 1. The Bertz CT molecular complexity index is 1000. The van der Waals surface area contributed by atoms with E-state index in [1.807, 2.05) is 60.7 Å². The molecule has 0 saturated heterocycles. The van der Waals surface area contributed by atoms with Gasteiger partial charge in [0.25, 0.3) is 0 Å². The van der Waals surface area contributed by atoms with Gasteiger partial charge in [-0.2, -0.15) is 0 Å². The average molecular weight is 350 g/mol. The first-order valence-corrected chi connectivity index (χ1v) is 8.72. The number of nitrogens with one attached hydrogen (secondary N) is 1. The number of rotatable bonds is 5. The second-order valence-electron chi connectivity index (χ2n) is 6.06. The van der Waals surface area contributed by atoms with Crippen molar-refractivity contribution in [2.45, 2.75) is 0 Å². The highest BCUT2D eigenvalue weighted by molar-refractivity contribution is 5.81. The fraction of sp³-hybridized carbons (Fsp3) is 0.0417. The lowest BCUT2D eigenvalue weighted by Gasteiger charge is -2.03. The summed E-state index contributed by atoms with van der Waals surface area (Å²) in [6.07, 6.45) is 5.24. The maximum atomic E-state index is 5.45. The molecule has 3 aromatic carbocycles. The first-order chi connectivity index (χ1) is 13.3. The van der Waals surface area contributed by atoms with Crippen LogP contribution in [0.5, 0.6) is 5.75 Å². The number of aromatic nitrogens is 2. The molecule has 0 fully saturated rings. The third kappa shape index (κ3) is 3.61. The molecule has 0 radical (unpaired) electrons. The standard InChI is InChI=1S/C24H18N2O/c1-2-17-27-21-15-13-20(14-16-21)24-25-22(18-9-5-3-6-10-18)23(26-24)19-11-7-4-8-12-19/h1,3-16H,17H2,(H,25,26). The lowest BCUT2D eigenvalue weighted by atomic mass is 10.1. The molecule has 1 heterocycles. The zero-order valence-corrected chi connectivity index (χ0v) is 14.7. The van der Waals surface area contributed by atoms with Crippen LogP contribution in [-0.4, -0.2) is 16.6 Å². The number of imidazole rings is 1. The van der Waals surface area contributed by atoms with Gasteiger partial charge in [0, 0.05) is 16.7 Å². The molecule has 0 aliphatic carbocycles. The van der Waals surface area contributed by atoms with E-state index in [4.69, 9.17) is 16.1 Å². The summed E-state index contributed by atoms with van der Waals surface area (Å²) in [5, 5.41) is 0. The highest BCUT2D eigenvalue weighted by Gasteiger charge is 2.15. The lowest BCUT2D eigenvalue weighted by Crippen LogP contribution is -1.92. The largest absolute Gasteiger partial charge is 0.481 e. The van der Waals surface area contributed by atoms with Gasteiger partial charge in [0.1, 0.15) is 18.2 Å². The number of aromatic amines is 1. The molecule has 0 aliphatic heterocycles. The first kappa shape index (κ1) is 16.7. The predicted molar refractivity (Wildman–Crippen MR) is 109 cm³/mol. The zero-order chi connectivity index (χ0) is 18.5. The van der Waals surface area contributed by atoms with Gasteiger partial charge in [-0.05, 0) is 24.3 Å². The quantitative estimate of drug-likeness (QED) is 0.488. The Labute approximate surface area is 158 Å². The number of H-pyrrole nitrogens is 1. The van der Waals surface area contributed by atoms with Crippen molar-refractivity contribution in [3.05, 3.63) is 84.9 Å². The van der Waals surface area contributed by atoms with Crippen LogP contribution in [0.25, 0.3) is 33.9 Å². The highest BCUT2D eigenvalue weighted by atomic mass is 16.5. The Morgan fingerprint density at radius 3 is 2.04 bits per heavy atom. The summed E-state index contributed by atoms with van der Waals surface area (Å²) < 4.78 is 5.45. The third-order valence-corrected chi connectivity index (χ3v) is 4.26. The van der Waals surface area contributed by atoms with Crippen LogP contribution in [-0.2, 0) is 0 Å². The second-order valence-corrected chi connectivity index (χ2v) is 6.06. The molecular formula is C24H18N2O. The van der Waals surface area contributed by atoms with Crippen molar-refractivity contribution in [3.8, 4) is 52.0 Å². The van der Waals surface area contributed by atoms with Crippen LogP contribution in [0.3, 0.4) is 0 Å². The van der Waals surface area contributed by atoms with Gasteiger partial charge >= 0.3 is 0 Å². The summed E-state index contributed by atoms with van der Waals surface area (Å²) in [7, 11) is 0. The summed E-state index contributed by atoms with van der Waals surface area (Å²) in [5.74, 6) is 4.03. The molecule has 1 N–H and O–H groups in total. The molecule has 27 heavy (non-hydrogen) atoms. The molecule has 0 atom stereocenters. The minimum atomic E-state index is 0.260. The van der Waals surface area contributed by atoms with Gasteiger partial charge in [0.2, 0.25) is 0 Å². The van der Waals surface area contributed by atoms with Crippen LogP contribution in [0.4, 0.5) is 0 Å². The smallest absolute Gasteiger partial charge is 0.148 e. The van der Waals surface area contributed by atoms with E-state index in [1.165, 1.54) is 0 Å². The summed E-state index contributed by atoms with van der Waals surface area (Å²) >= 11 is 0. The molecule has 4 rings (SSSR count). The van der Waals surface area contributed by atoms with Crippen LogP contribution in [0, 0.1) is 12.3 Å². The van der Waals surface area contributed by atoms with Crippen LogP contribution >= 0.6 is 0 Å². The van der Waals surface area contributed by atoms with Gasteiger partial charge < -0.3 is 9.72 Å². The topological polar surface area (TPSA) is 37.9 Å². The van der Waals surface area contributed by atoms with E-state index in [-0.39, 0.29) is 6.61 Å². The molecule has 4 aromatic rings. The van der Waals surface area contributed by atoms with Crippen molar-refractivity contribution in [1.82, 2.24) is 9.97 Å². The molecule has 3 heteroatoms. The molecule has 0 saturated carbocycles. The SMILES string of the molecule is C#CCOc1ccc(-c2nc(-c3ccccc3)c(-c3ccccc3)[nH]2)cc1. The maximum Gasteiger partial charge on any atom is 0.148 e. The van der Waals surface area contributed by atoms with Crippen molar-refractivity contribution in [1.29, 1.82) is 0 Å². The number of terminal acetylenes is 1. The second kappa shape index (κ2) is 7.63. The van der Waals surface area contributed by atoms with Gasteiger partial charge in [-0.15, -0.1) is 6.42 Å². The van der Waals surface area contributed by atoms with Crippen molar-refractivity contribution in [2.24, 2.45) is 0 Å². The molecule has 0 unspecified atom stereocenters. The van der Waals surface area contributed by atoms with Gasteiger partial charge in [0.05, 0.1) is 11.4 Å². The molecule has 0 aliphatic rings. The minimum absolute atomic E-state index is 0.260. The van der Waals surface area contributed by atoms with Crippen molar-refractivity contribution in [3.63, 3.8) is 0 Å². The van der Waals surface area contributed by atoms with Gasteiger partial charge in [-0.3, -0.25) is 0 Å². The van der Waals surface area contributed by atoms with Crippen molar-refractivity contribution >= 4 is 0 Å². The van der Waals surface area contributed by atoms with E-state index in [2.05, 4.69) is 35.2 Å². The van der Waals surface area contributed by atoms with Crippen LogP contribution in [0.2, 0.25) is 0 Å². The Hall–Kier alpha value is -3.77. The summed E-state index contributed by atoms with van der Waals surface area (Å²) in [4.78, 5) is 8.38. The zero-order valence-electron chi connectivity index (χ0n) is 14.7. The van der Waals surface area contributed by atoms with Crippen LogP contribution in [0.1, 0.15) is 0 Å². The van der Waals surface area contributed by atoms with Gasteiger partial charge in [-0.25, -0.2) is 4.98 Å². The monoisotopic (exact) mass is 350 g/mol.